The molecule has 0 aliphatic heterocycles. The van der Waals surface area contributed by atoms with Gasteiger partial charge in [0.25, 0.3) is 0 Å². The van der Waals surface area contributed by atoms with Gasteiger partial charge in [-0.05, 0) is 0 Å². The van der Waals surface area contributed by atoms with Crippen LogP contribution in [-0.4, -0.2) is 50.7 Å². The Hall–Kier alpha value is 1.09. The second kappa shape index (κ2) is 4.02. The fraction of sp³-hybridized carbons (Fsp3) is 0. The molecule has 0 radical (unpaired) electrons. The third-order valence-corrected chi connectivity index (χ3v) is 0.250. The third kappa shape index (κ3) is 11.0. The average molecular weight is 152 g/mol. The van der Waals surface area contributed by atoms with E-state index >= 15 is 0 Å². The standard InChI is InChI=1S/Ca.H2O5S/c;1-5-6(2,3)4/h;1H,(H,2,3,4)/q+2;/p-2. The molecule has 0 N–H and O–H groups in total. The van der Waals surface area contributed by atoms with Gasteiger partial charge in [0.05, 0.1) is 0 Å². The summed E-state index contributed by atoms with van der Waals surface area (Å²) in [6, 6.07) is 0. The fourth-order valence-electron chi connectivity index (χ4n) is 0. The molecular formula is CaO5S. The number of hydrogen-bond acceptors (Lipinski definition) is 5. The summed E-state index contributed by atoms with van der Waals surface area (Å²) in [6.07, 6.45) is 0. The molecule has 0 atom stereocenters. The van der Waals surface area contributed by atoms with Crippen LogP contribution in [-0.2, 0) is 14.7 Å². The predicted molar refractivity (Wildman–Crippen MR) is 16.5 cm³/mol. The van der Waals surface area contributed by atoms with Gasteiger partial charge in [-0.3, -0.25) is 0 Å². The maximum atomic E-state index is 8.91. The van der Waals surface area contributed by atoms with Gasteiger partial charge in [0.1, 0.15) is 0 Å². The van der Waals surface area contributed by atoms with E-state index in [9.17, 15) is 0 Å². The SMILES string of the molecule is O=S(=O)([O-])O[O-].[Ca+2]. The van der Waals surface area contributed by atoms with Gasteiger partial charge in [0.15, 0.2) is 0 Å². The molecule has 5 nitrogen and oxygen atoms in total. The van der Waals surface area contributed by atoms with Crippen molar-refractivity contribution in [1.29, 1.82) is 0 Å². The second-order valence-corrected chi connectivity index (χ2v) is 1.43. The molecule has 7 heteroatoms. The van der Waals surface area contributed by atoms with Crippen LogP contribution < -0.4 is 5.26 Å². The first kappa shape index (κ1) is 11.0. The van der Waals surface area contributed by atoms with Gasteiger partial charge in [0, 0.05) is 0 Å². The maximum Gasteiger partial charge on any atom is 2.00 e. The van der Waals surface area contributed by atoms with Crippen molar-refractivity contribution in [1.82, 2.24) is 0 Å². The van der Waals surface area contributed by atoms with E-state index in [1.54, 1.807) is 0 Å². The Labute approximate surface area is 70.2 Å². The Morgan fingerprint density at radius 1 is 1.43 bits per heavy atom. The van der Waals surface area contributed by atoms with E-state index in [-0.39, 0.29) is 37.7 Å². The zero-order valence-corrected chi connectivity index (χ0v) is 6.18. The Bertz CT molecular complexity index is 110. The molecular weight excluding hydrogens is 152 g/mol. The van der Waals surface area contributed by atoms with Crippen LogP contribution in [0, 0.1) is 0 Å². The van der Waals surface area contributed by atoms with Crippen LogP contribution in [0.25, 0.3) is 0 Å². The van der Waals surface area contributed by atoms with Gasteiger partial charge < -0.3 is 14.1 Å². The molecule has 0 unspecified atom stereocenters. The summed E-state index contributed by atoms with van der Waals surface area (Å²) in [4.78, 5) is 0. The van der Waals surface area contributed by atoms with Crippen molar-refractivity contribution < 1.29 is 22.6 Å². The van der Waals surface area contributed by atoms with Crippen molar-refractivity contribution in [3.05, 3.63) is 0 Å². The molecule has 0 aromatic heterocycles. The average Bonchev–Trinajstić information content (AvgIpc) is 1.35. The van der Waals surface area contributed by atoms with Gasteiger partial charge >= 0.3 is 37.7 Å². The molecule has 0 aliphatic rings. The van der Waals surface area contributed by atoms with Crippen LogP contribution >= 0.6 is 0 Å². The third-order valence-electron chi connectivity index (χ3n) is 0.0833. The van der Waals surface area contributed by atoms with Crippen LogP contribution in [0.3, 0.4) is 0 Å². The molecule has 0 saturated carbocycles. The summed E-state index contributed by atoms with van der Waals surface area (Å²) in [6.45, 7) is 0. The van der Waals surface area contributed by atoms with Crippen molar-refractivity contribution in [3.63, 3.8) is 0 Å². The minimum atomic E-state index is -4.97. The molecule has 0 aromatic carbocycles. The van der Waals surface area contributed by atoms with Crippen LogP contribution in [0.4, 0.5) is 0 Å². The Balaban J connectivity index is 0. The largest absolute Gasteiger partial charge is 2.00 e. The predicted octanol–water partition coefficient (Wildman–Crippen LogP) is -2.64. The van der Waals surface area contributed by atoms with Crippen LogP contribution in [0.5, 0.6) is 0 Å². The molecule has 0 bridgehead atoms. The molecule has 0 fully saturated rings. The first-order valence-corrected chi connectivity index (χ1v) is 2.17. The summed E-state index contributed by atoms with van der Waals surface area (Å²) in [5, 5.41) is 8.55. The van der Waals surface area contributed by atoms with E-state index in [0.29, 0.717) is 0 Å². The summed E-state index contributed by atoms with van der Waals surface area (Å²) >= 11 is 0. The van der Waals surface area contributed by atoms with Crippen molar-refractivity contribution in [2.24, 2.45) is 0 Å². The summed E-state index contributed by atoms with van der Waals surface area (Å²) in [7, 11) is -4.97. The molecule has 0 aliphatic carbocycles. The zero-order chi connectivity index (χ0) is 5.21. The Morgan fingerprint density at radius 3 is 1.57 bits per heavy atom. The molecule has 0 heterocycles. The van der Waals surface area contributed by atoms with E-state index in [0.717, 1.165) is 0 Å². The summed E-state index contributed by atoms with van der Waals surface area (Å²) in [5.74, 6) is 0. The zero-order valence-electron chi connectivity index (χ0n) is 3.16. The monoisotopic (exact) mass is 152 g/mol. The number of rotatable bonds is 1. The van der Waals surface area contributed by atoms with Crippen molar-refractivity contribution in [3.8, 4) is 0 Å². The Morgan fingerprint density at radius 2 is 1.57 bits per heavy atom. The van der Waals surface area contributed by atoms with Crippen molar-refractivity contribution >= 4 is 48.1 Å². The van der Waals surface area contributed by atoms with Gasteiger partial charge in [-0.2, -0.15) is 0 Å². The quantitative estimate of drug-likeness (QED) is 0.135. The maximum absolute atomic E-state index is 8.91. The molecule has 0 amide bonds. The van der Waals surface area contributed by atoms with Crippen molar-refractivity contribution in [2.75, 3.05) is 0 Å². The molecule has 0 rings (SSSR count). The van der Waals surface area contributed by atoms with E-state index in [4.69, 9.17) is 18.2 Å². The number of hydrogen-bond donors (Lipinski definition) is 0. The van der Waals surface area contributed by atoms with Gasteiger partial charge in [0.2, 0.25) is 10.4 Å². The van der Waals surface area contributed by atoms with E-state index < -0.39 is 10.4 Å². The van der Waals surface area contributed by atoms with Crippen LogP contribution in [0.15, 0.2) is 0 Å². The van der Waals surface area contributed by atoms with Crippen LogP contribution in [0.2, 0.25) is 0 Å². The first-order chi connectivity index (χ1) is 2.56. The van der Waals surface area contributed by atoms with E-state index in [2.05, 4.69) is 4.33 Å². The second-order valence-electron chi connectivity index (χ2n) is 0.476. The van der Waals surface area contributed by atoms with E-state index in [1.807, 2.05) is 0 Å². The summed E-state index contributed by atoms with van der Waals surface area (Å²) < 4.78 is 28.8. The minimum absolute atomic E-state index is 0. The normalized spacial score (nSPS) is 10.0. The minimum Gasteiger partial charge on any atom is -0.726 e. The first-order valence-electron chi connectivity index (χ1n) is 0.833. The van der Waals surface area contributed by atoms with Crippen molar-refractivity contribution in [2.45, 2.75) is 0 Å². The van der Waals surface area contributed by atoms with E-state index in [1.165, 1.54) is 0 Å². The fourth-order valence-corrected chi connectivity index (χ4v) is 0. The molecule has 38 valence electrons. The summed E-state index contributed by atoms with van der Waals surface area (Å²) in [5.41, 5.74) is 0. The van der Waals surface area contributed by atoms with Crippen LogP contribution in [0.1, 0.15) is 0 Å². The molecule has 0 saturated heterocycles. The molecule has 0 aromatic rings. The molecule has 0 spiro atoms. The Kier molecular flexibility index (Phi) is 6.29. The smallest absolute Gasteiger partial charge is 0.726 e. The van der Waals surface area contributed by atoms with Gasteiger partial charge in [-0.15, -0.1) is 0 Å². The van der Waals surface area contributed by atoms with Gasteiger partial charge in [-0.1, -0.05) is 0 Å². The molecule has 7 heavy (non-hydrogen) atoms. The van der Waals surface area contributed by atoms with Gasteiger partial charge in [-0.25, -0.2) is 8.42 Å². The topological polar surface area (TPSA) is 89.5 Å².